The van der Waals surface area contributed by atoms with Crippen molar-refractivity contribution in [1.82, 2.24) is 5.32 Å². The van der Waals surface area contributed by atoms with Crippen LogP contribution in [0.1, 0.15) is 13.8 Å². The predicted molar refractivity (Wildman–Crippen MR) is 74.5 cm³/mol. The first-order valence-electron chi connectivity index (χ1n) is 6.91. The minimum absolute atomic E-state index is 0.121. The van der Waals surface area contributed by atoms with E-state index in [1.54, 1.807) is 0 Å². The second-order valence-corrected chi connectivity index (χ2v) is 5.64. The molecule has 2 heterocycles. The standard InChI is InChI=1S/C15H18N2O3/c1-9(2)20-11-5-3-4-10(6-11)17-7-12-13(8-17)15(19)16-14(12)18/h3-6,9,12-13H,7-8H2,1-2H3,(H,16,18,19)/t12-,13+. The minimum Gasteiger partial charge on any atom is -0.491 e. The number of nitrogens with zero attached hydrogens (tertiary/aromatic N) is 1. The highest BCUT2D eigenvalue weighted by Crippen LogP contribution is 2.33. The largest absolute Gasteiger partial charge is 0.491 e. The Morgan fingerprint density at radius 3 is 2.45 bits per heavy atom. The molecule has 0 bridgehead atoms. The Kier molecular flexibility index (Phi) is 3.12. The van der Waals surface area contributed by atoms with Crippen molar-refractivity contribution < 1.29 is 14.3 Å². The third-order valence-electron chi connectivity index (χ3n) is 3.79. The average molecular weight is 274 g/mol. The van der Waals surface area contributed by atoms with E-state index in [2.05, 4.69) is 10.2 Å². The SMILES string of the molecule is CC(C)Oc1cccc(N2C[C@@H]3C(=O)NC(=O)[C@@H]3C2)c1. The van der Waals surface area contributed by atoms with Crippen LogP contribution in [-0.4, -0.2) is 31.0 Å². The topological polar surface area (TPSA) is 58.6 Å². The van der Waals surface area contributed by atoms with Gasteiger partial charge in [-0.1, -0.05) is 6.07 Å². The first-order chi connectivity index (χ1) is 9.54. The lowest BCUT2D eigenvalue weighted by atomic mass is 10.00. The Morgan fingerprint density at radius 2 is 1.85 bits per heavy atom. The van der Waals surface area contributed by atoms with Crippen LogP contribution < -0.4 is 15.0 Å². The first-order valence-corrected chi connectivity index (χ1v) is 6.91. The molecule has 2 atom stereocenters. The van der Waals surface area contributed by atoms with Crippen molar-refractivity contribution in [2.45, 2.75) is 20.0 Å². The van der Waals surface area contributed by atoms with Gasteiger partial charge in [0.2, 0.25) is 11.8 Å². The summed E-state index contributed by atoms with van der Waals surface area (Å²) >= 11 is 0. The van der Waals surface area contributed by atoms with E-state index in [0.717, 1.165) is 11.4 Å². The molecule has 2 aliphatic rings. The zero-order valence-electron chi connectivity index (χ0n) is 11.6. The van der Waals surface area contributed by atoms with Gasteiger partial charge in [-0.2, -0.15) is 0 Å². The normalized spacial score (nSPS) is 25.1. The molecule has 20 heavy (non-hydrogen) atoms. The van der Waals surface area contributed by atoms with Gasteiger partial charge in [0.15, 0.2) is 0 Å². The summed E-state index contributed by atoms with van der Waals surface area (Å²) in [4.78, 5) is 25.4. The molecule has 0 aromatic heterocycles. The number of benzene rings is 1. The summed E-state index contributed by atoms with van der Waals surface area (Å²) in [5.74, 6) is 0.105. The number of hydrogen-bond donors (Lipinski definition) is 1. The van der Waals surface area contributed by atoms with Crippen LogP contribution in [0.5, 0.6) is 5.75 Å². The van der Waals surface area contributed by atoms with Crippen LogP contribution in [-0.2, 0) is 9.59 Å². The molecule has 0 unspecified atom stereocenters. The summed E-state index contributed by atoms with van der Waals surface area (Å²) < 4.78 is 5.68. The van der Waals surface area contributed by atoms with Crippen LogP contribution >= 0.6 is 0 Å². The Hall–Kier alpha value is -2.04. The molecule has 106 valence electrons. The third-order valence-corrected chi connectivity index (χ3v) is 3.79. The fraction of sp³-hybridized carbons (Fsp3) is 0.467. The molecule has 1 N–H and O–H groups in total. The molecular formula is C15H18N2O3. The lowest BCUT2D eigenvalue weighted by molar-refractivity contribution is -0.126. The van der Waals surface area contributed by atoms with E-state index >= 15 is 0 Å². The second-order valence-electron chi connectivity index (χ2n) is 5.64. The Labute approximate surface area is 117 Å². The molecule has 0 radical (unpaired) electrons. The second kappa shape index (κ2) is 4.81. The fourth-order valence-corrected chi connectivity index (χ4v) is 2.88. The highest BCUT2D eigenvalue weighted by Gasteiger charge is 2.47. The van der Waals surface area contributed by atoms with Crippen LogP contribution in [0.15, 0.2) is 24.3 Å². The number of hydrogen-bond acceptors (Lipinski definition) is 4. The zero-order chi connectivity index (χ0) is 14.3. The molecule has 2 saturated heterocycles. The van der Waals surface area contributed by atoms with Gasteiger partial charge in [-0.15, -0.1) is 0 Å². The fourth-order valence-electron chi connectivity index (χ4n) is 2.88. The Bertz CT molecular complexity index is 534. The molecule has 1 aromatic rings. The molecule has 0 aliphatic carbocycles. The van der Waals surface area contributed by atoms with Gasteiger partial charge in [0.25, 0.3) is 0 Å². The molecule has 2 fully saturated rings. The number of nitrogens with one attached hydrogen (secondary N) is 1. The summed E-state index contributed by atoms with van der Waals surface area (Å²) in [6.45, 7) is 5.15. The monoisotopic (exact) mass is 274 g/mol. The molecule has 3 rings (SSSR count). The van der Waals surface area contributed by atoms with Gasteiger partial charge in [-0.25, -0.2) is 0 Å². The molecule has 2 amide bonds. The summed E-state index contributed by atoms with van der Waals surface area (Å²) in [6.07, 6.45) is 0.121. The van der Waals surface area contributed by atoms with Crippen LogP contribution in [0.4, 0.5) is 5.69 Å². The third kappa shape index (κ3) is 2.24. The zero-order valence-corrected chi connectivity index (χ0v) is 11.6. The summed E-state index contributed by atoms with van der Waals surface area (Å²) in [7, 11) is 0. The van der Waals surface area contributed by atoms with Gasteiger partial charge in [-0.3, -0.25) is 14.9 Å². The smallest absolute Gasteiger partial charge is 0.232 e. The van der Waals surface area contributed by atoms with Crippen LogP contribution in [0, 0.1) is 11.8 Å². The van der Waals surface area contributed by atoms with Gasteiger partial charge >= 0.3 is 0 Å². The lowest BCUT2D eigenvalue weighted by Crippen LogP contribution is -2.31. The first kappa shape index (κ1) is 13.0. The molecule has 0 spiro atoms. The van der Waals surface area contributed by atoms with Gasteiger partial charge < -0.3 is 9.64 Å². The van der Waals surface area contributed by atoms with Crippen LogP contribution in [0.2, 0.25) is 0 Å². The van der Waals surface area contributed by atoms with Gasteiger partial charge in [0.05, 0.1) is 17.9 Å². The molecule has 1 aromatic carbocycles. The Morgan fingerprint density at radius 1 is 1.20 bits per heavy atom. The van der Waals surface area contributed by atoms with Gasteiger partial charge in [0, 0.05) is 24.8 Å². The number of ether oxygens (including phenoxy) is 1. The van der Waals surface area contributed by atoms with Crippen LogP contribution in [0.25, 0.3) is 0 Å². The van der Waals surface area contributed by atoms with Crippen molar-refractivity contribution in [1.29, 1.82) is 0 Å². The van der Waals surface area contributed by atoms with Crippen molar-refractivity contribution in [2.75, 3.05) is 18.0 Å². The van der Waals surface area contributed by atoms with Crippen molar-refractivity contribution >= 4 is 17.5 Å². The number of rotatable bonds is 3. The lowest BCUT2D eigenvalue weighted by Gasteiger charge is -2.20. The Balaban J connectivity index is 1.78. The van der Waals surface area contributed by atoms with Crippen molar-refractivity contribution in [3.8, 4) is 5.75 Å². The molecule has 5 heteroatoms. The number of carbonyl (C=O) groups excluding carboxylic acids is 2. The van der Waals surface area contributed by atoms with E-state index in [-0.39, 0.29) is 29.8 Å². The number of carbonyl (C=O) groups is 2. The number of amides is 2. The maximum Gasteiger partial charge on any atom is 0.232 e. The van der Waals surface area contributed by atoms with E-state index in [4.69, 9.17) is 4.74 Å². The van der Waals surface area contributed by atoms with E-state index in [9.17, 15) is 9.59 Å². The van der Waals surface area contributed by atoms with Gasteiger partial charge in [0.1, 0.15) is 5.75 Å². The molecule has 0 saturated carbocycles. The van der Waals surface area contributed by atoms with E-state index in [0.29, 0.717) is 13.1 Å². The average Bonchev–Trinajstić information content (AvgIpc) is 2.92. The van der Waals surface area contributed by atoms with E-state index in [1.807, 2.05) is 38.1 Å². The highest BCUT2D eigenvalue weighted by molar-refractivity contribution is 6.06. The summed E-state index contributed by atoms with van der Waals surface area (Å²) in [5, 5.41) is 2.40. The van der Waals surface area contributed by atoms with E-state index in [1.165, 1.54) is 0 Å². The highest BCUT2D eigenvalue weighted by atomic mass is 16.5. The summed E-state index contributed by atoms with van der Waals surface area (Å²) in [5.41, 5.74) is 0.998. The molecule has 2 aliphatic heterocycles. The predicted octanol–water partition coefficient (Wildman–Crippen LogP) is 1.18. The maximum absolute atomic E-state index is 11.7. The number of imide groups is 1. The molecular weight excluding hydrogens is 256 g/mol. The van der Waals surface area contributed by atoms with Crippen LogP contribution in [0.3, 0.4) is 0 Å². The quantitative estimate of drug-likeness (QED) is 0.841. The molecule has 5 nitrogen and oxygen atoms in total. The van der Waals surface area contributed by atoms with E-state index < -0.39 is 0 Å². The van der Waals surface area contributed by atoms with Crippen molar-refractivity contribution in [3.63, 3.8) is 0 Å². The summed E-state index contributed by atoms with van der Waals surface area (Å²) in [6, 6.07) is 7.79. The van der Waals surface area contributed by atoms with Crippen molar-refractivity contribution in [2.24, 2.45) is 11.8 Å². The van der Waals surface area contributed by atoms with Gasteiger partial charge in [-0.05, 0) is 26.0 Å². The minimum atomic E-state index is -0.211. The number of anilines is 1. The maximum atomic E-state index is 11.7. The van der Waals surface area contributed by atoms with Crippen molar-refractivity contribution in [3.05, 3.63) is 24.3 Å². The number of fused-ring (bicyclic) bond motifs is 1.